The molecule has 0 atom stereocenters. The smallest absolute Gasteiger partial charge is 0.292 e. The molecule has 0 saturated heterocycles. The lowest BCUT2D eigenvalue weighted by molar-refractivity contribution is -0.384. The number of nitrogens with zero attached hydrogens (tertiary/aromatic N) is 1. The van der Waals surface area contributed by atoms with Crippen LogP contribution in [0.25, 0.3) is 0 Å². The summed E-state index contributed by atoms with van der Waals surface area (Å²) < 4.78 is 5.19. The van der Waals surface area contributed by atoms with Crippen molar-refractivity contribution in [2.24, 2.45) is 0 Å². The molecule has 0 saturated carbocycles. The molecule has 1 aromatic heterocycles. The van der Waals surface area contributed by atoms with Crippen LogP contribution in [-0.2, 0) is 6.42 Å². The number of furan rings is 1. The molecule has 2 rings (SSSR count). The minimum atomic E-state index is -0.373. The maximum Gasteiger partial charge on any atom is 0.292 e. The molecule has 0 fully saturated rings. The van der Waals surface area contributed by atoms with E-state index in [0.29, 0.717) is 18.7 Å². The quantitative estimate of drug-likeness (QED) is 0.650. The molecule has 2 aromatic rings. The lowest BCUT2D eigenvalue weighted by Gasteiger charge is -2.06. The van der Waals surface area contributed by atoms with E-state index in [4.69, 9.17) is 4.42 Å². The Kier molecular flexibility index (Phi) is 3.62. The van der Waals surface area contributed by atoms with Crippen molar-refractivity contribution in [3.8, 4) is 0 Å². The van der Waals surface area contributed by atoms with Crippen molar-refractivity contribution in [3.63, 3.8) is 0 Å². The number of anilines is 1. The van der Waals surface area contributed by atoms with Crippen LogP contribution in [0.1, 0.15) is 11.3 Å². The van der Waals surface area contributed by atoms with Crippen LogP contribution < -0.4 is 5.32 Å². The van der Waals surface area contributed by atoms with E-state index in [-0.39, 0.29) is 10.6 Å². The summed E-state index contributed by atoms with van der Waals surface area (Å²) in [5.41, 5.74) is 1.52. The Morgan fingerprint density at radius 3 is 2.89 bits per heavy atom. The number of nitrogens with one attached hydrogen (secondary N) is 1. The van der Waals surface area contributed by atoms with Crippen molar-refractivity contribution < 1.29 is 9.34 Å². The molecule has 0 bridgehead atoms. The first-order valence-corrected chi connectivity index (χ1v) is 5.68. The van der Waals surface area contributed by atoms with Crippen LogP contribution in [0, 0.1) is 17.0 Å². The monoisotopic (exact) mass is 246 g/mol. The summed E-state index contributed by atoms with van der Waals surface area (Å²) in [4.78, 5) is 10.5. The van der Waals surface area contributed by atoms with Gasteiger partial charge in [-0.05, 0) is 30.7 Å². The minimum absolute atomic E-state index is 0.106. The largest absolute Gasteiger partial charge is 0.469 e. The fraction of sp³-hybridized carbons (Fsp3) is 0.231. The first kappa shape index (κ1) is 12.2. The fourth-order valence-corrected chi connectivity index (χ4v) is 1.72. The van der Waals surface area contributed by atoms with Gasteiger partial charge in [0.15, 0.2) is 0 Å². The van der Waals surface area contributed by atoms with E-state index < -0.39 is 0 Å². The highest BCUT2D eigenvalue weighted by molar-refractivity contribution is 5.62. The molecule has 0 radical (unpaired) electrons. The van der Waals surface area contributed by atoms with E-state index >= 15 is 0 Å². The third-order valence-corrected chi connectivity index (χ3v) is 2.62. The van der Waals surface area contributed by atoms with Crippen molar-refractivity contribution in [2.45, 2.75) is 13.3 Å². The zero-order valence-electron chi connectivity index (χ0n) is 10.1. The minimum Gasteiger partial charge on any atom is -0.469 e. The van der Waals surface area contributed by atoms with Crippen LogP contribution in [0.2, 0.25) is 0 Å². The summed E-state index contributed by atoms with van der Waals surface area (Å²) in [5.74, 6) is 0.859. The second-order valence-corrected chi connectivity index (χ2v) is 4.03. The Morgan fingerprint density at radius 2 is 2.22 bits per heavy atom. The number of rotatable bonds is 5. The number of hydrogen-bond donors (Lipinski definition) is 1. The first-order valence-electron chi connectivity index (χ1n) is 5.68. The molecule has 1 heterocycles. The lowest BCUT2D eigenvalue weighted by atomic mass is 10.2. The third-order valence-electron chi connectivity index (χ3n) is 2.62. The van der Waals surface area contributed by atoms with Crippen LogP contribution in [-0.4, -0.2) is 11.5 Å². The summed E-state index contributed by atoms with van der Waals surface area (Å²) in [5, 5.41) is 14.0. The molecule has 18 heavy (non-hydrogen) atoms. The van der Waals surface area contributed by atoms with Crippen LogP contribution >= 0.6 is 0 Å². The summed E-state index contributed by atoms with van der Waals surface area (Å²) in [7, 11) is 0. The molecule has 94 valence electrons. The van der Waals surface area contributed by atoms with Crippen LogP contribution in [0.15, 0.2) is 41.0 Å². The molecule has 0 spiro atoms. The molecule has 5 heteroatoms. The predicted molar refractivity (Wildman–Crippen MR) is 68.7 cm³/mol. The second kappa shape index (κ2) is 5.35. The molecule has 1 N–H and O–H groups in total. The highest BCUT2D eigenvalue weighted by Gasteiger charge is 2.13. The van der Waals surface area contributed by atoms with Gasteiger partial charge in [0.05, 0.1) is 11.2 Å². The van der Waals surface area contributed by atoms with Crippen molar-refractivity contribution in [1.82, 2.24) is 0 Å². The van der Waals surface area contributed by atoms with E-state index in [9.17, 15) is 10.1 Å². The molecule has 0 aliphatic rings. The Balaban J connectivity index is 2.02. The average Bonchev–Trinajstić information content (AvgIpc) is 2.84. The number of nitro groups is 1. The molecule has 1 aromatic carbocycles. The molecule has 0 amide bonds. The van der Waals surface area contributed by atoms with E-state index in [2.05, 4.69) is 5.32 Å². The van der Waals surface area contributed by atoms with Gasteiger partial charge in [-0.3, -0.25) is 10.1 Å². The number of nitro benzene ring substituents is 1. The third kappa shape index (κ3) is 2.88. The van der Waals surface area contributed by atoms with Gasteiger partial charge in [0, 0.05) is 19.0 Å². The molecule has 0 unspecified atom stereocenters. The maximum absolute atomic E-state index is 10.9. The van der Waals surface area contributed by atoms with E-state index in [1.165, 1.54) is 0 Å². The molecular formula is C13H14N2O3. The molecule has 0 aliphatic carbocycles. The molecular weight excluding hydrogens is 232 g/mol. The zero-order valence-corrected chi connectivity index (χ0v) is 10.1. The van der Waals surface area contributed by atoms with Gasteiger partial charge >= 0.3 is 0 Å². The van der Waals surface area contributed by atoms with Gasteiger partial charge in [-0.25, -0.2) is 0 Å². The van der Waals surface area contributed by atoms with Crippen molar-refractivity contribution in [2.75, 3.05) is 11.9 Å². The normalized spacial score (nSPS) is 10.3. The van der Waals surface area contributed by atoms with Gasteiger partial charge in [0.1, 0.15) is 11.4 Å². The SMILES string of the molecule is Cc1ccc(NCCc2ccco2)c([N+](=O)[O-])c1. The average molecular weight is 246 g/mol. The first-order chi connectivity index (χ1) is 8.66. The van der Waals surface area contributed by atoms with Gasteiger partial charge in [-0.2, -0.15) is 0 Å². The highest BCUT2D eigenvalue weighted by Crippen LogP contribution is 2.25. The Bertz CT molecular complexity index is 535. The van der Waals surface area contributed by atoms with Gasteiger partial charge in [-0.1, -0.05) is 6.07 Å². The van der Waals surface area contributed by atoms with Gasteiger partial charge in [0.2, 0.25) is 0 Å². The number of aryl methyl sites for hydroxylation is 1. The van der Waals surface area contributed by atoms with E-state index in [1.54, 1.807) is 18.4 Å². The Morgan fingerprint density at radius 1 is 1.39 bits per heavy atom. The summed E-state index contributed by atoms with van der Waals surface area (Å²) >= 11 is 0. The highest BCUT2D eigenvalue weighted by atomic mass is 16.6. The Hall–Kier alpha value is -2.30. The van der Waals surface area contributed by atoms with Crippen LogP contribution in [0.4, 0.5) is 11.4 Å². The van der Waals surface area contributed by atoms with Crippen molar-refractivity contribution >= 4 is 11.4 Å². The summed E-state index contributed by atoms with van der Waals surface area (Å²) in [6.45, 7) is 2.43. The van der Waals surface area contributed by atoms with Crippen molar-refractivity contribution in [3.05, 3.63) is 58.0 Å². The van der Waals surface area contributed by atoms with Gasteiger partial charge in [-0.15, -0.1) is 0 Å². The summed E-state index contributed by atoms with van der Waals surface area (Å²) in [6.07, 6.45) is 2.31. The number of hydrogen-bond acceptors (Lipinski definition) is 4. The van der Waals surface area contributed by atoms with Crippen molar-refractivity contribution in [1.29, 1.82) is 0 Å². The van der Waals surface area contributed by atoms with E-state index in [0.717, 1.165) is 11.3 Å². The Labute approximate surface area is 105 Å². The standard InChI is InChI=1S/C13H14N2O3/c1-10-4-5-12(13(9-10)15(16)17)14-7-6-11-3-2-8-18-11/h2-5,8-9,14H,6-7H2,1H3. The van der Waals surface area contributed by atoms with Gasteiger partial charge in [0.25, 0.3) is 5.69 Å². The zero-order chi connectivity index (χ0) is 13.0. The number of benzene rings is 1. The second-order valence-electron chi connectivity index (χ2n) is 4.03. The lowest BCUT2D eigenvalue weighted by Crippen LogP contribution is -2.06. The van der Waals surface area contributed by atoms with E-state index in [1.807, 2.05) is 25.1 Å². The van der Waals surface area contributed by atoms with Gasteiger partial charge < -0.3 is 9.73 Å². The molecule has 0 aliphatic heterocycles. The predicted octanol–water partition coefficient (Wildman–Crippen LogP) is 3.15. The molecule has 5 nitrogen and oxygen atoms in total. The van der Waals surface area contributed by atoms with Crippen LogP contribution in [0.3, 0.4) is 0 Å². The topological polar surface area (TPSA) is 68.3 Å². The van der Waals surface area contributed by atoms with Crippen LogP contribution in [0.5, 0.6) is 0 Å². The maximum atomic E-state index is 10.9. The fourth-order valence-electron chi connectivity index (χ4n) is 1.72. The summed E-state index contributed by atoms with van der Waals surface area (Å²) in [6, 6.07) is 8.85.